The number of nitrogens with zero attached hydrogens (tertiary/aromatic N) is 2. The van der Waals surface area contributed by atoms with Crippen LogP contribution in [0, 0.1) is 0 Å². The van der Waals surface area contributed by atoms with Crippen molar-refractivity contribution in [3.63, 3.8) is 0 Å². The third kappa shape index (κ3) is 2.68. The molecule has 3 rings (SSSR count). The van der Waals surface area contributed by atoms with Gasteiger partial charge in [-0.25, -0.2) is 13.2 Å². The lowest BCUT2D eigenvalue weighted by molar-refractivity contribution is 0.0736. The summed E-state index contributed by atoms with van der Waals surface area (Å²) in [6.45, 7) is 0. The maximum absolute atomic E-state index is 12.2. The zero-order valence-electron chi connectivity index (χ0n) is 11.5. The topological polar surface area (TPSA) is 102 Å². The molecule has 0 saturated heterocycles. The van der Waals surface area contributed by atoms with Crippen molar-refractivity contribution in [2.75, 3.05) is 6.26 Å². The molecule has 0 saturated carbocycles. The molecule has 3 aromatic rings. The monoisotopic (exact) mass is 317 g/mol. The van der Waals surface area contributed by atoms with Crippen LogP contribution < -0.4 is 4.74 Å². The van der Waals surface area contributed by atoms with Crippen LogP contribution >= 0.6 is 0 Å². The van der Waals surface area contributed by atoms with E-state index >= 15 is 0 Å². The van der Waals surface area contributed by atoms with Gasteiger partial charge in [0.15, 0.2) is 9.84 Å². The fourth-order valence-electron chi connectivity index (χ4n) is 1.96. The summed E-state index contributed by atoms with van der Waals surface area (Å²) in [5.41, 5.74) is 0.857. The number of carbonyl (C=O) groups excluding carboxylic acids is 1. The van der Waals surface area contributed by atoms with Crippen LogP contribution in [0.2, 0.25) is 0 Å². The molecule has 22 heavy (non-hydrogen) atoms. The molecule has 7 nitrogen and oxygen atoms in total. The quantitative estimate of drug-likeness (QED) is 0.581. The van der Waals surface area contributed by atoms with Gasteiger partial charge in [0.2, 0.25) is 0 Å². The average Bonchev–Trinajstić information content (AvgIpc) is 2.94. The molecular formula is C14H11N3O4S. The molecule has 0 fully saturated rings. The number of H-pyrrole nitrogens is 1. The number of hydrogen-bond acceptors (Lipinski definition) is 6. The van der Waals surface area contributed by atoms with Crippen molar-refractivity contribution in [3.8, 4) is 5.75 Å². The molecule has 0 bridgehead atoms. The number of pyridine rings is 1. The Bertz CT molecular complexity index is 963. The number of benzene rings is 1. The number of aromatic amines is 1. The summed E-state index contributed by atoms with van der Waals surface area (Å²) < 4.78 is 28.3. The number of fused-ring (bicyclic) bond motifs is 1. The Hall–Kier alpha value is -2.74. The van der Waals surface area contributed by atoms with Gasteiger partial charge in [0, 0.05) is 17.8 Å². The van der Waals surface area contributed by atoms with E-state index in [1.54, 1.807) is 6.20 Å². The summed E-state index contributed by atoms with van der Waals surface area (Å²) in [6, 6.07) is 5.76. The highest BCUT2D eigenvalue weighted by molar-refractivity contribution is 7.90. The second-order valence-corrected chi connectivity index (χ2v) is 6.67. The molecule has 2 heterocycles. The van der Waals surface area contributed by atoms with E-state index in [9.17, 15) is 13.2 Å². The van der Waals surface area contributed by atoms with Gasteiger partial charge in [0.25, 0.3) is 0 Å². The van der Waals surface area contributed by atoms with Crippen LogP contribution in [0.15, 0.2) is 47.8 Å². The number of nitrogens with one attached hydrogen (secondary N) is 1. The lowest BCUT2D eigenvalue weighted by atomic mass is 10.2. The van der Waals surface area contributed by atoms with Crippen LogP contribution in [0.3, 0.4) is 0 Å². The van der Waals surface area contributed by atoms with Gasteiger partial charge in [-0.3, -0.25) is 10.1 Å². The van der Waals surface area contributed by atoms with E-state index in [0.717, 1.165) is 6.26 Å². The Balaban J connectivity index is 1.93. The second kappa shape index (κ2) is 5.23. The SMILES string of the molecule is CS(=O)(=O)c1cccc(OC(=O)c2cncc3[nH]ncc23)c1. The van der Waals surface area contributed by atoms with Crippen molar-refractivity contribution >= 4 is 26.7 Å². The first-order valence-corrected chi connectivity index (χ1v) is 8.14. The average molecular weight is 317 g/mol. The predicted octanol–water partition coefficient (Wildman–Crippen LogP) is 1.58. The van der Waals surface area contributed by atoms with Crippen LogP contribution in [-0.2, 0) is 9.84 Å². The fourth-order valence-corrected chi connectivity index (χ4v) is 2.61. The Morgan fingerprint density at radius 2 is 2.05 bits per heavy atom. The summed E-state index contributed by atoms with van der Waals surface area (Å²) in [7, 11) is -3.37. The van der Waals surface area contributed by atoms with Crippen molar-refractivity contribution in [1.29, 1.82) is 0 Å². The number of hydrogen-bond donors (Lipinski definition) is 1. The Morgan fingerprint density at radius 3 is 2.82 bits per heavy atom. The largest absolute Gasteiger partial charge is 0.423 e. The standard InChI is InChI=1S/C14H11N3O4S/c1-22(19,20)10-4-2-3-9(5-10)21-14(18)12-6-15-8-13-11(12)7-16-17-13/h2-8H,1H3,(H,16,17). The molecule has 0 radical (unpaired) electrons. The zero-order chi connectivity index (χ0) is 15.7. The van der Waals surface area contributed by atoms with Gasteiger partial charge in [0.05, 0.1) is 28.4 Å². The van der Waals surface area contributed by atoms with E-state index in [1.807, 2.05) is 0 Å². The number of carbonyl (C=O) groups is 1. The molecule has 112 valence electrons. The first-order chi connectivity index (χ1) is 10.4. The molecule has 0 amide bonds. The third-order valence-electron chi connectivity index (χ3n) is 3.03. The van der Waals surface area contributed by atoms with E-state index < -0.39 is 15.8 Å². The Labute approximate surface area is 125 Å². The highest BCUT2D eigenvalue weighted by Gasteiger charge is 2.15. The molecule has 1 N–H and O–H groups in total. The number of aromatic nitrogens is 3. The zero-order valence-corrected chi connectivity index (χ0v) is 12.3. The number of ether oxygens (including phenoxy) is 1. The van der Waals surface area contributed by atoms with E-state index in [0.29, 0.717) is 10.9 Å². The van der Waals surface area contributed by atoms with Gasteiger partial charge in [-0.15, -0.1) is 0 Å². The highest BCUT2D eigenvalue weighted by atomic mass is 32.2. The van der Waals surface area contributed by atoms with E-state index in [2.05, 4.69) is 15.2 Å². The van der Waals surface area contributed by atoms with Gasteiger partial charge >= 0.3 is 5.97 Å². The lowest BCUT2D eigenvalue weighted by Crippen LogP contribution is -2.09. The van der Waals surface area contributed by atoms with E-state index in [4.69, 9.17) is 4.74 Å². The lowest BCUT2D eigenvalue weighted by Gasteiger charge is -2.06. The summed E-state index contributed by atoms with van der Waals surface area (Å²) in [4.78, 5) is 16.3. The van der Waals surface area contributed by atoms with Gasteiger partial charge in [-0.2, -0.15) is 5.10 Å². The molecule has 0 spiro atoms. The van der Waals surface area contributed by atoms with Crippen molar-refractivity contribution < 1.29 is 17.9 Å². The van der Waals surface area contributed by atoms with Gasteiger partial charge in [-0.05, 0) is 18.2 Å². The smallest absolute Gasteiger partial charge is 0.345 e. The van der Waals surface area contributed by atoms with E-state index in [-0.39, 0.29) is 16.2 Å². The molecule has 0 atom stereocenters. The van der Waals surface area contributed by atoms with Crippen molar-refractivity contribution in [1.82, 2.24) is 15.2 Å². The second-order valence-electron chi connectivity index (χ2n) is 4.65. The summed E-state index contributed by atoms with van der Waals surface area (Å²) in [5.74, 6) is -0.487. The minimum atomic E-state index is -3.37. The van der Waals surface area contributed by atoms with Crippen LogP contribution in [0.4, 0.5) is 0 Å². The Morgan fingerprint density at radius 1 is 1.23 bits per heavy atom. The molecule has 0 aliphatic heterocycles. The molecule has 8 heteroatoms. The first-order valence-electron chi connectivity index (χ1n) is 6.24. The van der Waals surface area contributed by atoms with Gasteiger partial charge in [0.1, 0.15) is 5.75 Å². The van der Waals surface area contributed by atoms with Crippen molar-refractivity contribution in [2.45, 2.75) is 4.90 Å². The summed E-state index contributed by atoms with van der Waals surface area (Å²) >= 11 is 0. The van der Waals surface area contributed by atoms with Crippen molar-refractivity contribution in [2.24, 2.45) is 0 Å². The molecule has 0 aliphatic rings. The highest BCUT2D eigenvalue weighted by Crippen LogP contribution is 2.20. The maximum atomic E-state index is 12.2. The van der Waals surface area contributed by atoms with Crippen LogP contribution in [0.25, 0.3) is 10.9 Å². The van der Waals surface area contributed by atoms with Gasteiger partial charge < -0.3 is 4.74 Å². The molecule has 2 aromatic heterocycles. The Kier molecular flexibility index (Phi) is 3.38. The molecule has 0 aliphatic carbocycles. The van der Waals surface area contributed by atoms with Crippen molar-refractivity contribution in [3.05, 3.63) is 48.4 Å². The number of sulfone groups is 1. The summed E-state index contributed by atoms with van der Waals surface area (Å²) in [6.07, 6.45) is 5.51. The number of esters is 1. The first kappa shape index (κ1) is 14.2. The van der Waals surface area contributed by atoms with Crippen LogP contribution in [0.1, 0.15) is 10.4 Å². The molecule has 1 aromatic carbocycles. The number of rotatable bonds is 3. The maximum Gasteiger partial charge on any atom is 0.345 e. The predicted molar refractivity (Wildman–Crippen MR) is 78.4 cm³/mol. The third-order valence-corrected chi connectivity index (χ3v) is 4.14. The minimum Gasteiger partial charge on any atom is -0.423 e. The normalized spacial score (nSPS) is 11.5. The van der Waals surface area contributed by atoms with Crippen LogP contribution in [-0.4, -0.2) is 35.8 Å². The molecule has 0 unspecified atom stereocenters. The van der Waals surface area contributed by atoms with Crippen LogP contribution in [0.5, 0.6) is 5.75 Å². The summed E-state index contributed by atoms with van der Waals surface area (Å²) in [5, 5.41) is 7.14. The molecular weight excluding hydrogens is 306 g/mol. The van der Waals surface area contributed by atoms with Gasteiger partial charge in [-0.1, -0.05) is 6.07 Å². The van der Waals surface area contributed by atoms with E-state index in [1.165, 1.54) is 36.7 Å². The fraction of sp³-hybridized carbons (Fsp3) is 0.0714. The minimum absolute atomic E-state index is 0.0810.